The molecule has 1 aromatic heterocycles. The third kappa shape index (κ3) is 3.24. The topological polar surface area (TPSA) is 110 Å². The number of nitrogens with zero attached hydrogens (tertiary/aromatic N) is 3. The van der Waals surface area contributed by atoms with Crippen molar-refractivity contribution < 1.29 is 13.2 Å². The Kier molecular flexibility index (Phi) is 3.76. The van der Waals surface area contributed by atoms with Gasteiger partial charge in [0.05, 0.1) is 0 Å². The highest BCUT2D eigenvalue weighted by atomic mass is 32.2. The van der Waals surface area contributed by atoms with Gasteiger partial charge in [-0.05, 0) is 19.3 Å². The molecule has 0 bridgehead atoms. The van der Waals surface area contributed by atoms with Gasteiger partial charge in [0.15, 0.2) is 5.82 Å². The Hall–Kier alpha value is -1.61. The van der Waals surface area contributed by atoms with Crippen molar-refractivity contribution in [2.75, 3.05) is 18.4 Å². The van der Waals surface area contributed by atoms with Crippen molar-refractivity contribution in [2.24, 2.45) is 12.2 Å². The van der Waals surface area contributed by atoms with Gasteiger partial charge in [-0.25, -0.2) is 18.4 Å². The minimum absolute atomic E-state index is 0.0272. The Bertz CT molecular complexity index is 574. The predicted molar refractivity (Wildman–Crippen MR) is 69.0 cm³/mol. The number of nitrogens with two attached hydrogens (primary N) is 1. The molecule has 0 saturated carbocycles. The lowest BCUT2D eigenvalue weighted by molar-refractivity contribution is 0.200. The molecule has 1 saturated heterocycles. The molecule has 1 fully saturated rings. The Balaban J connectivity index is 2.17. The van der Waals surface area contributed by atoms with Crippen molar-refractivity contribution in [3.05, 3.63) is 6.20 Å². The quantitative estimate of drug-likeness (QED) is 0.802. The number of carbonyl (C=O) groups excluding carboxylic acids is 1. The molecule has 3 N–H and O–H groups in total. The van der Waals surface area contributed by atoms with E-state index in [1.807, 2.05) is 0 Å². The van der Waals surface area contributed by atoms with Crippen LogP contribution in [0.15, 0.2) is 11.1 Å². The summed E-state index contributed by atoms with van der Waals surface area (Å²) in [6.45, 7) is 1.34. The standard InChI is InChI=1S/C10H17N5O3S/c1-14-7-8(19(11,17)18)9(13-14)12-10(16)15-5-3-2-4-6-15/h7H,2-6H2,1H3,(H2,11,17,18)(H,12,13,16). The zero-order valence-corrected chi connectivity index (χ0v) is 11.5. The Labute approximate surface area is 111 Å². The van der Waals surface area contributed by atoms with Gasteiger partial charge in [-0.2, -0.15) is 5.10 Å². The molecule has 0 spiro atoms. The largest absolute Gasteiger partial charge is 0.324 e. The Morgan fingerprint density at radius 1 is 1.37 bits per heavy atom. The molecule has 0 radical (unpaired) electrons. The second kappa shape index (κ2) is 5.17. The number of primary sulfonamides is 1. The number of hydrogen-bond donors (Lipinski definition) is 2. The summed E-state index contributed by atoms with van der Waals surface area (Å²) in [5, 5.41) is 11.5. The highest BCUT2D eigenvalue weighted by Crippen LogP contribution is 2.18. The van der Waals surface area contributed by atoms with Crippen LogP contribution in [-0.4, -0.2) is 42.2 Å². The van der Waals surface area contributed by atoms with E-state index in [2.05, 4.69) is 10.4 Å². The van der Waals surface area contributed by atoms with Crippen molar-refractivity contribution in [3.8, 4) is 0 Å². The highest BCUT2D eigenvalue weighted by Gasteiger charge is 2.23. The lowest BCUT2D eigenvalue weighted by Gasteiger charge is -2.26. The van der Waals surface area contributed by atoms with Gasteiger partial charge in [0.1, 0.15) is 4.90 Å². The van der Waals surface area contributed by atoms with Gasteiger partial charge in [0, 0.05) is 26.3 Å². The number of nitrogens with one attached hydrogen (secondary N) is 1. The van der Waals surface area contributed by atoms with Crippen LogP contribution in [0, 0.1) is 0 Å². The van der Waals surface area contributed by atoms with E-state index in [0.717, 1.165) is 19.3 Å². The summed E-state index contributed by atoms with van der Waals surface area (Å²) in [6, 6.07) is -0.344. The maximum Gasteiger partial charge on any atom is 0.323 e. The number of aromatic nitrogens is 2. The molecule has 1 aliphatic heterocycles. The fraction of sp³-hybridized carbons (Fsp3) is 0.600. The summed E-state index contributed by atoms with van der Waals surface area (Å²) in [7, 11) is -2.34. The highest BCUT2D eigenvalue weighted by molar-refractivity contribution is 7.89. The van der Waals surface area contributed by atoms with E-state index in [0.29, 0.717) is 13.1 Å². The normalized spacial score (nSPS) is 16.4. The van der Waals surface area contributed by atoms with E-state index in [1.165, 1.54) is 10.9 Å². The molecule has 0 aliphatic carbocycles. The second-order valence-corrected chi connectivity index (χ2v) is 6.07. The van der Waals surface area contributed by atoms with E-state index in [-0.39, 0.29) is 16.7 Å². The Morgan fingerprint density at radius 2 is 2.00 bits per heavy atom. The first kappa shape index (κ1) is 13.8. The van der Waals surface area contributed by atoms with E-state index in [1.54, 1.807) is 11.9 Å². The lowest BCUT2D eigenvalue weighted by atomic mass is 10.1. The molecule has 9 heteroatoms. The maximum absolute atomic E-state index is 12.0. The number of hydrogen-bond acceptors (Lipinski definition) is 4. The van der Waals surface area contributed by atoms with Gasteiger partial charge in [-0.15, -0.1) is 0 Å². The molecule has 106 valence electrons. The van der Waals surface area contributed by atoms with Crippen molar-refractivity contribution in [3.63, 3.8) is 0 Å². The van der Waals surface area contributed by atoms with E-state index >= 15 is 0 Å². The van der Waals surface area contributed by atoms with Crippen LogP contribution >= 0.6 is 0 Å². The predicted octanol–water partition coefficient (Wildman–Crippen LogP) is 0.0853. The van der Waals surface area contributed by atoms with E-state index in [9.17, 15) is 13.2 Å². The number of urea groups is 1. The SMILES string of the molecule is Cn1cc(S(N)(=O)=O)c(NC(=O)N2CCCCC2)n1. The zero-order chi connectivity index (χ0) is 14.0. The number of likely N-dealkylation sites (tertiary alicyclic amines) is 1. The third-order valence-electron chi connectivity index (χ3n) is 2.97. The molecule has 19 heavy (non-hydrogen) atoms. The lowest BCUT2D eigenvalue weighted by Crippen LogP contribution is -2.39. The van der Waals surface area contributed by atoms with Crippen LogP contribution in [-0.2, 0) is 17.1 Å². The summed E-state index contributed by atoms with van der Waals surface area (Å²) >= 11 is 0. The number of carbonyl (C=O) groups is 1. The number of piperidine rings is 1. The first-order valence-corrected chi connectivity index (χ1v) is 7.55. The molecule has 1 aliphatic rings. The molecule has 1 aromatic rings. The van der Waals surface area contributed by atoms with Crippen LogP contribution in [0.3, 0.4) is 0 Å². The zero-order valence-electron chi connectivity index (χ0n) is 10.7. The molecule has 2 rings (SSSR count). The molecule has 8 nitrogen and oxygen atoms in total. The van der Waals surface area contributed by atoms with Gasteiger partial charge in [0.25, 0.3) is 0 Å². The summed E-state index contributed by atoms with van der Waals surface area (Å²) in [5.41, 5.74) is 0. The molecule has 0 unspecified atom stereocenters. The van der Waals surface area contributed by atoms with Crippen molar-refractivity contribution in [2.45, 2.75) is 24.2 Å². The molecule has 2 amide bonds. The van der Waals surface area contributed by atoms with Crippen LogP contribution < -0.4 is 10.5 Å². The van der Waals surface area contributed by atoms with Crippen LogP contribution in [0.4, 0.5) is 10.6 Å². The van der Waals surface area contributed by atoms with Crippen molar-refractivity contribution in [1.82, 2.24) is 14.7 Å². The van der Waals surface area contributed by atoms with Gasteiger partial charge in [-0.3, -0.25) is 10.00 Å². The fourth-order valence-electron chi connectivity index (χ4n) is 2.04. The minimum Gasteiger partial charge on any atom is -0.324 e. The molecule has 2 heterocycles. The van der Waals surface area contributed by atoms with Gasteiger partial charge < -0.3 is 4.90 Å². The number of aryl methyl sites for hydroxylation is 1. The summed E-state index contributed by atoms with van der Waals surface area (Å²) in [6.07, 6.45) is 4.28. The Morgan fingerprint density at radius 3 is 2.58 bits per heavy atom. The summed E-state index contributed by atoms with van der Waals surface area (Å²) in [4.78, 5) is 13.4. The third-order valence-corrected chi connectivity index (χ3v) is 3.88. The second-order valence-electron chi connectivity index (χ2n) is 4.54. The average Bonchev–Trinajstić information content (AvgIpc) is 2.71. The average molecular weight is 287 g/mol. The summed E-state index contributed by atoms with van der Waals surface area (Å²) < 4.78 is 24.1. The van der Waals surface area contributed by atoms with E-state index in [4.69, 9.17) is 5.14 Å². The van der Waals surface area contributed by atoms with Crippen LogP contribution in [0.2, 0.25) is 0 Å². The molecule has 0 aromatic carbocycles. The maximum atomic E-state index is 12.0. The van der Waals surface area contributed by atoms with Gasteiger partial charge in [0.2, 0.25) is 10.0 Å². The number of rotatable bonds is 2. The fourth-order valence-corrected chi connectivity index (χ4v) is 2.70. The van der Waals surface area contributed by atoms with E-state index < -0.39 is 10.0 Å². The minimum atomic E-state index is -3.91. The first-order valence-electron chi connectivity index (χ1n) is 6.00. The summed E-state index contributed by atoms with van der Waals surface area (Å²) in [5.74, 6) is -0.0272. The number of anilines is 1. The monoisotopic (exact) mass is 287 g/mol. The van der Waals surface area contributed by atoms with Crippen molar-refractivity contribution >= 4 is 21.9 Å². The number of sulfonamides is 1. The van der Waals surface area contributed by atoms with Crippen molar-refractivity contribution in [1.29, 1.82) is 0 Å². The van der Waals surface area contributed by atoms with Crippen LogP contribution in [0.25, 0.3) is 0 Å². The number of amides is 2. The molecule has 0 atom stereocenters. The molecular weight excluding hydrogens is 270 g/mol. The van der Waals surface area contributed by atoms with Gasteiger partial charge in [-0.1, -0.05) is 0 Å². The van der Waals surface area contributed by atoms with Crippen LogP contribution in [0.5, 0.6) is 0 Å². The molecular formula is C10H17N5O3S. The van der Waals surface area contributed by atoms with Gasteiger partial charge >= 0.3 is 6.03 Å². The first-order chi connectivity index (χ1) is 8.88. The smallest absolute Gasteiger partial charge is 0.323 e. The van der Waals surface area contributed by atoms with Crippen LogP contribution in [0.1, 0.15) is 19.3 Å².